The molecule has 14 heavy (non-hydrogen) atoms. The van der Waals surface area contributed by atoms with Gasteiger partial charge in [-0.2, -0.15) is 18.2 Å². The first kappa shape index (κ1) is 24.0. The SMILES string of the molecule is CN.CN.CN.[Cl][Ti][Cl].c1cc[cH-]c1. The van der Waals surface area contributed by atoms with Crippen molar-refractivity contribution in [3.8, 4) is 0 Å². The van der Waals surface area contributed by atoms with Crippen LogP contribution in [-0.2, 0) is 17.0 Å². The van der Waals surface area contributed by atoms with E-state index in [0.717, 1.165) is 0 Å². The van der Waals surface area contributed by atoms with Crippen molar-refractivity contribution >= 4 is 18.6 Å². The van der Waals surface area contributed by atoms with Crippen LogP contribution in [0.5, 0.6) is 0 Å². The number of hydrogen-bond donors (Lipinski definition) is 3. The van der Waals surface area contributed by atoms with Gasteiger partial charge in [-0.15, -0.1) is 0 Å². The van der Waals surface area contributed by atoms with Gasteiger partial charge in [0.2, 0.25) is 0 Å². The Morgan fingerprint density at radius 2 is 1.07 bits per heavy atom. The van der Waals surface area contributed by atoms with E-state index in [0.29, 0.717) is 0 Å². The molecule has 0 spiro atoms. The monoisotopic (exact) mass is 276 g/mol. The maximum Gasteiger partial charge on any atom is -0.172 e. The van der Waals surface area contributed by atoms with Crippen LogP contribution in [0, 0.1) is 0 Å². The molecule has 0 heterocycles. The Bertz CT molecular complexity index is 89.5. The summed E-state index contributed by atoms with van der Waals surface area (Å²) in [6.45, 7) is 0. The van der Waals surface area contributed by atoms with Gasteiger partial charge in [-0.3, -0.25) is 0 Å². The minimum Gasteiger partial charge on any atom is -0.214 e. The van der Waals surface area contributed by atoms with E-state index >= 15 is 0 Å². The van der Waals surface area contributed by atoms with Gasteiger partial charge in [0.25, 0.3) is 0 Å². The molecule has 0 aliphatic rings. The van der Waals surface area contributed by atoms with Crippen LogP contribution in [0.4, 0.5) is 0 Å². The number of hydrogen-bond acceptors (Lipinski definition) is 3. The number of rotatable bonds is 0. The molecule has 86 valence electrons. The van der Waals surface area contributed by atoms with Crippen LogP contribution >= 0.6 is 18.6 Å². The van der Waals surface area contributed by atoms with E-state index in [1.54, 1.807) is 0 Å². The Hall–Kier alpha value is 0.524. The summed E-state index contributed by atoms with van der Waals surface area (Å²) in [6, 6.07) is 10.0. The second kappa shape index (κ2) is 49.8. The van der Waals surface area contributed by atoms with Crippen molar-refractivity contribution < 1.29 is 17.0 Å². The summed E-state index contributed by atoms with van der Waals surface area (Å²) in [4.78, 5) is 0. The van der Waals surface area contributed by atoms with Gasteiger partial charge >= 0.3 is 35.6 Å². The molecule has 6 heteroatoms. The predicted molar refractivity (Wildman–Crippen MR) is 64.1 cm³/mol. The largest absolute Gasteiger partial charge is 0.214 e. The summed E-state index contributed by atoms with van der Waals surface area (Å²) < 4.78 is 0. The Balaban J connectivity index is -0.0000000494. The Kier molecular flexibility index (Phi) is 85.4. The summed E-state index contributed by atoms with van der Waals surface area (Å²) in [7, 11) is 14.3. The molecule has 0 saturated heterocycles. The van der Waals surface area contributed by atoms with E-state index in [1.807, 2.05) is 30.3 Å². The van der Waals surface area contributed by atoms with E-state index in [4.69, 9.17) is 18.6 Å². The Labute approximate surface area is 104 Å². The average molecular weight is 277 g/mol. The van der Waals surface area contributed by atoms with Crippen molar-refractivity contribution in [2.45, 2.75) is 0 Å². The van der Waals surface area contributed by atoms with Gasteiger partial charge in [0.15, 0.2) is 0 Å². The van der Waals surface area contributed by atoms with Crippen molar-refractivity contribution in [3.63, 3.8) is 0 Å². The van der Waals surface area contributed by atoms with E-state index in [2.05, 4.69) is 17.2 Å². The van der Waals surface area contributed by atoms with Gasteiger partial charge in [0.05, 0.1) is 0 Å². The van der Waals surface area contributed by atoms with E-state index in [-0.39, 0.29) is 0 Å². The van der Waals surface area contributed by atoms with E-state index in [1.165, 1.54) is 21.1 Å². The maximum absolute atomic E-state index is 4.89. The molecule has 0 bridgehead atoms. The molecule has 0 radical (unpaired) electrons. The fraction of sp³-hybridized carbons (Fsp3) is 0.375. The third-order valence-electron chi connectivity index (χ3n) is 0.556. The predicted octanol–water partition coefficient (Wildman–Crippen LogP) is 1.51. The van der Waals surface area contributed by atoms with Crippen LogP contribution in [0.25, 0.3) is 0 Å². The molecule has 0 aliphatic carbocycles. The summed E-state index contributed by atoms with van der Waals surface area (Å²) in [6.07, 6.45) is 0. The third kappa shape index (κ3) is 54.5. The van der Waals surface area contributed by atoms with Crippen molar-refractivity contribution in [2.24, 2.45) is 17.2 Å². The first-order chi connectivity index (χ1) is 6.91. The normalized spacial score (nSPS) is 5.14. The quantitative estimate of drug-likeness (QED) is 0.497. The van der Waals surface area contributed by atoms with Crippen LogP contribution in [0.3, 0.4) is 0 Å². The van der Waals surface area contributed by atoms with E-state index < -0.39 is 17.0 Å². The van der Waals surface area contributed by atoms with Gasteiger partial charge in [-0.25, -0.2) is 12.1 Å². The van der Waals surface area contributed by atoms with Crippen LogP contribution in [-0.4, -0.2) is 21.1 Å². The van der Waals surface area contributed by atoms with Gasteiger partial charge in [0.1, 0.15) is 0 Å². The molecule has 1 aromatic rings. The molecule has 6 N–H and O–H groups in total. The average Bonchev–Trinajstić information content (AvgIpc) is 2.85. The fourth-order valence-electron chi connectivity index (χ4n) is 0.321. The summed E-state index contributed by atoms with van der Waals surface area (Å²) in [5.41, 5.74) is 13.5. The second-order valence-corrected chi connectivity index (χ2v) is 3.61. The number of nitrogens with two attached hydrogens (primary N) is 3. The molecule has 0 aromatic heterocycles. The van der Waals surface area contributed by atoms with Crippen molar-refractivity contribution in [1.82, 2.24) is 0 Å². The molecular formula is C8H20Cl2N3Ti-. The minimum atomic E-state index is -0.556. The minimum absolute atomic E-state index is 0.556. The maximum atomic E-state index is 4.89. The summed E-state index contributed by atoms with van der Waals surface area (Å²) >= 11 is -0.556. The van der Waals surface area contributed by atoms with Crippen LogP contribution < -0.4 is 17.2 Å². The zero-order chi connectivity index (χ0) is 12.2. The second-order valence-electron chi connectivity index (χ2n) is 1.03. The molecule has 0 aliphatic heterocycles. The molecule has 3 nitrogen and oxygen atoms in total. The van der Waals surface area contributed by atoms with Gasteiger partial charge in [-0.1, -0.05) is 0 Å². The first-order valence-electron chi connectivity index (χ1n) is 3.78. The van der Waals surface area contributed by atoms with Gasteiger partial charge in [0, 0.05) is 0 Å². The molecule has 0 unspecified atom stereocenters. The van der Waals surface area contributed by atoms with Gasteiger partial charge < -0.3 is 17.2 Å². The van der Waals surface area contributed by atoms with Crippen LogP contribution in [0.1, 0.15) is 0 Å². The standard InChI is InChI=1S/C5H5.3CH5N.2ClH.Ti/c1-2-4-5-3-1;3*1-2;;;/h1-5H;3*2H2,1H3;2*1H;/q-1;;;;;;+2/p-2. The van der Waals surface area contributed by atoms with Crippen molar-refractivity contribution in [1.29, 1.82) is 0 Å². The zero-order valence-electron chi connectivity index (χ0n) is 8.87. The van der Waals surface area contributed by atoms with Crippen LogP contribution in [0.15, 0.2) is 30.3 Å². The van der Waals surface area contributed by atoms with Gasteiger partial charge in [-0.05, 0) is 21.1 Å². The molecule has 0 atom stereocenters. The molecule has 0 amide bonds. The summed E-state index contributed by atoms with van der Waals surface area (Å²) in [5.74, 6) is 0. The molecule has 1 rings (SSSR count). The Morgan fingerprint density at radius 1 is 0.857 bits per heavy atom. The number of halogens is 2. The fourth-order valence-corrected chi connectivity index (χ4v) is 0.321. The van der Waals surface area contributed by atoms with Crippen molar-refractivity contribution in [3.05, 3.63) is 30.3 Å². The summed E-state index contributed by atoms with van der Waals surface area (Å²) in [5, 5.41) is 0. The molecule has 0 saturated carbocycles. The smallest absolute Gasteiger partial charge is 0.172 e. The zero-order valence-corrected chi connectivity index (χ0v) is 11.9. The Morgan fingerprint density at radius 3 is 1.14 bits per heavy atom. The van der Waals surface area contributed by atoms with E-state index in [9.17, 15) is 0 Å². The first-order valence-corrected chi connectivity index (χ1v) is 8.07. The third-order valence-corrected chi connectivity index (χ3v) is 0.556. The van der Waals surface area contributed by atoms with Crippen molar-refractivity contribution in [2.75, 3.05) is 21.1 Å². The van der Waals surface area contributed by atoms with Crippen LogP contribution in [0.2, 0.25) is 0 Å². The molecule has 0 fully saturated rings. The molecular weight excluding hydrogens is 257 g/mol. The molecule has 1 aromatic carbocycles. The topological polar surface area (TPSA) is 78.1 Å².